The summed E-state index contributed by atoms with van der Waals surface area (Å²) in [6, 6.07) is 8.26. The first-order valence-electron chi connectivity index (χ1n) is 9.52. The third-order valence-corrected chi connectivity index (χ3v) is 5.47. The molecular formula is C20H24ClN5O. The molecule has 3 heterocycles. The average molecular weight is 386 g/mol. The Morgan fingerprint density at radius 2 is 2.15 bits per heavy atom. The molecule has 7 heteroatoms. The molecule has 0 spiro atoms. The SMILES string of the molecule is CCCn1c(C2CCCN(C(=O)c3nn(C)cc3Cl)C2)nc2ccccc21. The molecule has 4 rings (SSSR count). The summed E-state index contributed by atoms with van der Waals surface area (Å²) in [6.45, 7) is 4.50. The molecule has 0 N–H and O–H groups in total. The first kappa shape index (κ1) is 18.0. The summed E-state index contributed by atoms with van der Waals surface area (Å²) in [5, 5.41) is 4.64. The summed E-state index contributed by atoms with van der Waals surface area (Å²) < 4.78 is 3.90. The van der Waals surface area contributed by atoms with Crippen LogP contribution < -0.4 is 0 Å². The van der Waals surface area contributed by atoms with Crippen molar-refractivity contribution in [3.8, 4) is 0 Å². The minimum Gasteiger partial charge on any atom is -0.336 e. The number of aryl methyl sites for hydroxylation is 2. The second kappa shape index (κ2) is 7.35. The molecule has 1 atom stereocenters. The highest BCUT2D eigenvalue weighted by atomic mass is 35.5. The Bertz CT molecular complexity index is 976. The molecule has 0 bridgehead atoms. The van der Waals surface area contributed by atoms with Gasteiger partial charge >= 0.3 is 0 Å². The van der Waals surface area contributed by atoms with Gasteiger partial charge in [0.2, 0.25) is 0 Å². The number of hydrogen-bond donors (Lipinski definition) is 0. The van der Waals surface area contributed by atoms with Crippen LogP contribution in [0.4, 0.5) is 0 Å². The lowest BCUT2D eigenvalue weighted by Gasteiger charge is -2.32. The maximum absolute atomic E-state index is 12.9. The van der Waals surface area contributed by atoms with Gasteiger partial charge in [-0.3, -0.25) is 9.48 Å². The zero-order chi connectivity index (χ0) is 19.0. The monoisotopic (exact) mass is 385 g/mol. The van der Waals surface area contributed by atoms with Crippen molar-refractivity contribution in [1.29, 1.82) is 0 Å². The van der Waals surface area contributed by atoms with E-state index in [-0.39, 0.29) is 11.8 Å². The van der Waals surface area contributed by atoms with Crippen molar-refractivity contribution < 1.29 is 4.79 Å². The number of benzene rings is 1. The molecule has 142 valence electrons. The number of carbonyl (C=O) groups excluding carboxylic acids is 1. The summed E-state index contributed by atoms with van der Waals surface area (Å²) in [5.74, 6) is 1.22. The van der Waals surface area contributed by atoms with E-state index in [4.69, 9.17) is 16.6 Å². The normalized spacial score (nSPS) is 17.6. The van der Waals surface area contributed by atoms with Crippen LogP contribution in [0.3, 0.4) is 0 Å². The van der Waals surface area contributed by atoms with E-state index in [1.807, 2.05) is 11.0 Å². The molecule has 27 heavy (non-hydrogen) atoms. The van der Waals surface area contributed by atoms with Gasteiger partial charge in [0, 0.05) is 38.8 Å². The van der Waals surface area contributed by atoms with Gasteiger partial charge in [0.25, 0.3) is 5.91 Å². The van der Waals surface area contributed by atoms with Crippen molar-refractivity contribution in [1.82, 2.24) is 24.2 Å². The fraction of sp³-hybridized carbons (Fsp3) is 0.450. The van der Waals surface area contributed by atoms with E-state index in [1.54, 1.807) is 17.9 Å². The predicted octanol–water partition coefficient (Wildman–Crippen LogP) is 3.85. The zero-order valence-corrected chi connectivity index (χ0v) is 16.5. The summed E-state index contributed by atoms with van der Waals surface area (Å²) in [5.41, 5.74) is 2.53. The highest BCUT2D eigenvalue weighted by Crippen LogP contribution is 2.30. The number of amides is 1. The molecular weight excluding hydrogens is 362 g/mol. The van der Waals surface area contributed by atoms with Crippen LogP contribution >= 0.6 is 11.6 Å². The van der Waals surface area contributed by atoms with Crippen LogP contribution in [0.2, 0.25) is 5.02 Å². The van der Waals surface area contributed by atoms with E-state index in [2.05, 4.69) is 34.8 Å². The van der Waals surface area contributed by atoms with Gasteiger partial charge in [0.1, 0.15) is 5.82 Å². The Kier molecular flexibility index (Phi) is 4.91. The zero-order valence-electron chi connectivity index (χ0n) is 15.7. The van der Waals surface area contributed by atoms with Gasteiger partial charge in [0.05, 0.1) is 16.1 Å². The van der Waals surface area contributed by atoms with Crippen LogP contribution in [-0.4, -0.2) is 43.2 Å². The molecule has 1 aromatic carbocycles. The van der Waals surface area contributed by atoms with Gasteiger partial charge in [-0.15, -0.1) is 0 Å². The third kappa shape index (κ3) is 3.34. The lowest BCUT2D eigenvalue weighted by molar-refractivity contribution is 0.0697. The Morgan fingerprint density at radius 1 is 1.33 bits per heavy atom. The summed E-state index contributed by atoms with van der Waals surface area (Å²) in [4.78, 5) is 19.7. The smallest absolute Gasteiger partial charge is 0.275 e. The molecule has 1 saturated heterocycles. The Hall–Kier alpha value is -2.34. The number of para-hydroxylation sites is 2. The number of aromatic nitrogens is 4. The molecule has 0 aliphatic carbocycles. The first-order valence-corrected chi connectivity index (χ1v) is 9.90. The van der Waals surface area contributed by atoms with Gasteiger partial charge < -0.3 is 9.47 Å². The number of imidazole rings is 1. The molecule has 1 amide bonds. The van der Waals surface area contributed by atoms with Crippen LogP contribution in [0.1, 0.15) is 48.4 Å². The summed E-state index contributed by atoms with van der Waals surface area (Å²) >= 11 is 6.19. The van der Waals surface area contributed by atoms with E-state index in [9.17, 15) is 4.79 Å². The summed E-state index contributed by atoms with van der Waals surface area (Å²) in [6.07, 6.45) is 4.70. The van der Waals surface area contributed by atoms with Gasteiger partial charge in [-0.1, -0.05) is 30.7 Å². The standard InChI is InChI=1S/C20H24ClN5O/c1-3-10-26-17-9-5-4-8-16(17)22-19(26)14-7-6-11-25(12-14)20(27)18-15(21)13-24(2)23-18/h4-5,8-9,13-14H,3,6-7,10-12H2,1-2H3. The number of rotatable bonds is 4. The van der Waals surface area contributed by atoms with Gasteiger partial charge in [-0.25, -0.2) is 4.98 Å². The molecule has 1 unspecified atom stereocenters. The lowest BCUT2D eigenvalue weighted by atomic mass is 9.96. The maximum Gasteiger partial charge on any atom is 0.275 e. The predicted molar refractivity (Wildman–Crippen MR) is 106 cm³/mol. The second-order valence-electron chi connectivity index (χ2n) is 7.20. The molecule has 1 aliphatic heterocycles. The Morgan fingerprint density at radius 3 is 2.89 bits per heavy atom. The Balaban J connectivity index is 1.63. The number of fused-ring (bicyclic) bond motifs is 1. The van der Waals surface area contributed by atoms with Crippen molar-refractivity contribution in [2.24, 2.45) is 7.05 Å². The minimum absolute atomic E-state index is 0.0940. The quantitative estimate of drug-likeness (QED) is 0.685. The lowest BCUT2D eigenvalue weighted by Crippen LogP contribution is -2.40. The molecule has 1 aliphatic rings. The average Bonchev–Trinajstić information content (AvgIpc) is 3.21. The second-order valence-corrected chi connectivity index (χ2v) is 7.61. The number of carbonyl (C=O) groups is 1. The Labute approximate surface area is 163 Å². The molecule has 3 aromatic rings. The topological polar surface area (TPSA) is 56.0 Å². The van der Waals surface area contributed by atoms with Gasteiger partial charge in [-0.05, 0) is 31.4 Å². The molecule has 2 aromatic heterocycles. The number of hydrogen-bond acceptors (Lipinski definition) is 3. The van der Waals surface area contributed by atoms with E-state index in [0.717, 1.165) is 43.7 Å². The number of piperidine rings is 1. The van der Waals surface area contributed by atoms with Gasteiger partial charge in [-0.2, -0.15) is 5.10 Å². The molecule has 0 radical (unpaired) electrons. The molecule has 6 nitrogen and oxygen atoms in total. The number of halogens is 1. The van der Waals surface area contributed by atoms with E-state index in [1.165, 1.54) is 5.52 Å². The fourth-order valence-corrected chi connectivity index (χ4v) is 4.25. The van der Waals surface area contributed by atoms with E-state index < -0.39 is 0 Å². The van der Waals surface area contributed by atoms with Crippen LogP contribution in [0, 0.1) is 0 Å². The number of likely N-dealkylation sites (tertiary alicyclic amines) is 1. The third-order valence-electron chi connectivity index (χ3n) is 5.19. The van der Waals surface area contributed by atoms with Crippen molar-refractivity contribution in [2.45, 2.75) is 38.6 Å². The highest BCUT2D eigenvalue weighted by Gasteiger charge is 2.30. The van der Waals surface area contributed by atoms with Crippen LogP contribution in [-0.2, 0) is 13.6 Å². The molecule has 1 fully saturated rings. The van der Waals surface area contributed by atoms with E-state index >= 15 is 0 Å². The minimum atomic E-state index is -0.0940. The maximum atomic E-state index is 12.9. The first-order chi connectivity index (χ1) is 13.1. The van der Waals surface area contributed by atoms with Crippen LogP contribution in [0.25, 0.3) is 11.0 Å². The highest BCUT2D eigenvalue weighted by molar-refractivity contribution is 6.33. The number of nitrogens with zero attached hydrogens (tertiary/aromatic N) is 5. The fourth-order valence-electron chi connectivity index (χ4n) is 3.99. The van der Waals surface area contributed by atoms with Crippen LogP contribution in [0.15, 0.2) is 30.5 Å². The summed E-state index contributed by atoms with van der Waals surface area (Å²) in [7, 11) is 1.77. The van der Waals surface area contributed by atoms with Crippen molar-refractivity contribution in [3.63, 3.8) is 0 Å². The van der Waals surface area contributed by atoms with Crippen molar-refractivity contribution in [3.05, 3.63) is 47.0 Å². The van der Waals surface area contributed by atoms with Gasteiger partial charge in [0.15, 0.2) is 5.69 Å². The van der Waals surface area contributed by atoms with Crippen molar-refractivity contribution in [2.75, 3.05) is 13.1 Å². The van der Waals surface area contributed by atoms with E-state index in [0.29, 0.717) is 17.3 Å². The molecule has 0 saturated carbocycles. The van der Waals surface area contributed by atoms with Crippen LogP contribution in [0.5, 0.6) is 0 Å². The largest absolute Gasteiger partial charge is 0.336 e. The van der Waals surface area contributed by atoms with Crippen molar-refractivity contribution >= 4 is 28.5 Å².